The molecule has 0 aromatic carbocycles. The quantitative estimate of drug-likeness (QED) is 0.708. The van der Waals surface area contributed by atoms with Crippen LogP contribution in [0.15, 0.2) is 16.9 Å². The normalized spacial score (nSPS) is 24.7. The Balaban J connectivity index is 1.45. The summed E-state index contributed by atoms with van der Waals surface area (Å²) < 4.78 is 5.19. The molecule has 2 aromatic rings. The lowest BCUT2D eigenvalue weighted by Crippen LogP contribution is -2.57. The highest BCUT2D eigenvalue weighted by atomic mass is 16.5. The molecule has 4 rings (SSSR count). The highest BCUT2D eigenvalue weighted by molar-refractivity contribution is 5.94. The summed E-state index contributed by atoms with van der Waals surface area (Å²) in [6.45, 7) is 5.69. The summed E-state index contributed by atoms with van der Waals surface area (Å²) in [5.74, 6) is 0.588. The number of fused-ring (bicyclic) bond motifs is 1. The minimum absolute atomic E-state index is 0.0206. The zero-order valence-corrected chi connectivity index (χ0v) is 16.2. The number of aromatic nitrogens is 3. The zero-order valence-electron chi connectivity index (χ0n) is 16.2. The van der Waals surface area contributed by atoms with E-state index in [2.05, 4.69) is 30.9 Å². The van der Waals surface area contributed by atoms with Gasteiger partial charge in [-0.15, -0.1) is 0 Å². The Kier molecular flexibility index (Phi) is 4.92. The Bertz CT molecular complexity index is 842. The largest absolute Gasteiger partial charge is 0.361 e. The van der Waals surface area contributed by atoms with Gasteiger partial charge in [-0.1, -0.05) is 5.16 Å². The maximum atomic E-state index is 13.2. The van der Waals surface area contributed by atoms with Crippen LogP contribution in [-0.2, 0) is 11.3 Å². The van der Waals surface area contributed by atoms with Gasteiger partial charge in [0.15, 0.2) is 0 Å². The van der Waals surface area contributed by atoms with E-state index in [1.54, 1.807) is 6.20 Å². The molecule has 3 N–H and O–H groups in total. The third-order valence-corrected chi connectivity index (χ3v) is 6.02. The van der Waals surface area contributed by atoms with Gasteiger partial charge >= 0.3 is 0 Å². The molecule has 0 bridgehead atoms. The first-order valence-electron chi connectivity index (χ1n) is 9.74. The number of hydrogen-bond donors (Lipinski definition) is 3. The van der Waals surface area contributed by atoms with Crippen molar-refractivity contribution in [3.8, 4) is 0 Å². The molecule has 2 aliphatic rings. The van der Waals surface area contributed by atoms with E-state index < -0.39 is 5.54 Å². The van der Waals surface area contributed by atoms with Gasteiger partial charge in [0.25, 0.3) is 5.91 Å². The number of nitrogens with zero attached hydrogens (tertiary/aromatic N) is 3. The van der Waals surface area contributed by atoms with Gasteiger partial charge in [-0.3, -0.25) is 19.6 Å². The number of rotatable bonds is 5. The molecule has 2 saturated heterocycles. The number of carbonyl (C=O) groups excluding carboxylic acids is 2. The maximum absolute atomic E-state index is 13.2. The van der Waals surface area contributed by atoms with Gasteiger partial charge in [0.05, 0.1) is 17.5 Å². The summed E-state index contributed by atoms with van der Waals surface area (Å²) in [5, 5.41) is 16.6. The Morgan fingerprint density at radius 3 is 2.96 bits per heavy atom. The molecule has 9 heteroatoms. The topological polar surface area (TPSA) is 116 Å². The average Bonchev–Trinajstić information content (AvgIpc) is 3.40. The standard InChI is InChI=1S/C19H26N6O3/c1-12-16(13(2)28-24-12)10-20-18(27)19-5-3-4-6-25(19)11-15(7-19)23-17(26)14-8-21-22-9-14/h8-9,15H,3-7,10-11H2,1-2H3,(H,20,27)(H,21,22)(H,23,26)/t15-,19+/m0/s1. The third-order valence-electron chi connectivity index (χ3n) is 6.02. The van der Waals surface area contributed by atoms with Crippen LogP contribution >= 0.6 is 0 Å². The molecule has 2 fully saturated rings. The Labute approximate surface area is 163 Å². The fraction of sp³-hybridized carbons (Fsp3) is 0.579. The first-order valence-corrected chi connectivity index (χ1v) is 9.74. The fourth-order valence-corrected chi connectivity index (χ4v) is 4.51. The second-order valence-electron chi connectivity index (χ2n) is 7.78. The lowest BCUT2D eigenvalue weighted by Gasteiger charge is -2.40. The van der Waals surface area contributed by atoms with Crippen molar-refractivity contribution in [2.45, 2.75) is 57.7 Å². The van der Waals surface area contributed by atoms with E-state index in [4.69, 9.17) is 4.52 Å². The predicted octanol–water partition coefficient (Wildman–Crippen LogP) is 1.06. The number of aryl methyl sites for hydroxylation is 2. The number of aromatic amines is 1. The SMILES string of the molecule is Cc1noc(C)c1CNC(=O)[C@]12CCCCN1C[C@@H](NC(=O)c1cn[nH]c1)C2. The molecule has 4 heterocycles. The monoisotopic (exact) mass is 386 g/mol. The Morgan fingerprint density at radius 1 is 1.39 bits per heavy atom. The van der Waals surface area contributed by atoms with Crippen LogP contribution < -0.4 is 10.6 Å². The molecule has 0 spiro atoms. The van der Waals surface area contributed by atoms with E-state index in [0.717, 1.165) is 42.8 Å². The van der Waals surface area contributed by atoms with Crippen LogP contribution in [0.5, 0.6) is 0 Å². The van der Waals surface area contributed by atoms with Crippen molar-refractivity contribution in [1.82, 2.24) is 30.9 Å². The number of nitrogens with one attached hydrogen (secondary N) is 3. The molecule has 150 valence electrons. The summed E-state index contributed by atoms with van der Waals surface area (Å²) in [6.07, 6.45) is 6.58. The molecular formula is C19H26N6O3. The summed E-state index contributed by atoms with van der Waals surface area (Å²) in [4.78, 5) is 27.9. The van der Waals surface area contributed by atoms with Crippen LogP contribution in [0, 0.1) is 13.8 Å². The van der Waals surface area contributed by atoms with Gasteiger partial charge in [-0.25, -0.2) is 0 Å². The number of amides is 2. The van der Waals surface area contributed by atoms with Crippen molar-refractivity contribution in [3.63, 3.8) is 0 Å². The van der Waals surface area contributed by atoms with Crippen LogP contribution in [0.2, 0.25) is 0 Å². The third kappa shape index (κ3) is 3.30. The van der Waals surface area contributed by atoms with Crippen LogP contribution in [0.1, 0.15) is 53.1 Å². The molecule has 2 atom stereocenters. The van der Waals surface area contributed by atoms with Crippen molar-refractivity contribution >= 4 is 11.8 Å². The summed E-state index contributed by atoms with van der Waals surface area (Å²) in [7, 11) is 0. The van der Waals surface area contributed by atoms with E-state index in [1.165, 1.54) is 6.20 Å². The number of hydrogen-bond acceptors (Lipinski definition) is 6. The highest BCUT2D eigenvalue weighted by Gasteiger charge is 2.52. The minimum atomic E-state index is -0.564. The molecule has 2 aromatic heterocycles. The fourth-order valence-electron chi connectivity index (χ4n) is 4.51. The van der Waals surface area contributed by atoms with Gasteiger partial charge in [0.2, 0.25) is 5.91 Å². The molecule has 9 nitrogen and oxygen atoms in total. The van der Waals surface area contributed by atoms with Gasteiger partial charge in [-0.05, 0) is 46.1 Å². The van der Waals surface area contributed by atoms with Gasteiger partial charge < -0.3 is 15.2 Å². The smallest absolute Gasteiger partial charge is 0.254 e. The van der Waals surface area contributed by atoms with E-state index >= 15 is 0 Å². The first-order chi connectivity index (χ1) is 13.5. The van der Waals surface area contributed by atoms with Crippen molar-refractivity contribution in [1.29, 1.82) is 0 Å². The van der Waals surface area contributed by atoms with Crippen LogP contribution in [-0.4, -0.2) is 56.7 Å². The van der Waals surface area contributed by atoms with Crippen LogP contribution in [0.3, 0.4) is 0 Å². The predicted molar refractivity (Wildman–Crippen MR) is 100 cm³/mol. The molecule has 0 radical (unpaired) electrons. The Hall–Kier alpha value is -2.68. The van der Waals surface area contributed by atoms with Gasteiger partial charge in [0, 0.05) is 30.9 Å². The molecule has 2 amide bonds. The summed E-state index contributed by atoms with van der Waals surface area (Å²) in [5.41, 5.74) is 1.66. The van der Waals surface area contributed by atoms with Gasteiger partial charge in [-0.2, -0.15) is 5.10 Å². The molecule has 0 saturated carbocycles. The lowest BCUT2D eigenvalue weighted by atomic mass is 9.84. The first kappa shape index (κ1) is 18.7. The van der Waals surface area contributed by atoms with Crippen molar-refractivity contribution < 1.29 is 14.1 Å². The molecular weight excluding hydrogens is 360 g/mol. The number of piperidine rings is 1. The minimum Gasteiger partial charge on any atom is -0.361 e. The van der Waals surface area contributed by atoms with Crippen molar-refractivity contribution in [2.24, 2.45) is 0 Å². The zero-order chi connectivity index (χ0) is 19.7. The summed E-state index contributed by atoms with van der Waals surface area (Å²) >= 11 is 0. The maximum Gasteiger partial charge on any atom is 0.254 e. The summed E-state index contributed by atoms with van der Waals surface area (Å²) in [6, 6.07) is -0.0645. The van der Waals surface area contributed by atoms with Gasteiger partial charge in [0.1, 0.15) is 11.3 Å². The molecule has 28 heavy (non-hydrogen) atoms. The van der Waals surface area contributed by atoms with E-state index in [1.807, 2.05) is 13.8 Å². The van der Waals surface area contributed by atoms with Crippen molar-refractivity contribution in [3.05, 3.63) is 35.0 Å². The van der Waals surface area contributed by atoms with E-state index in [9.17, 15) is 9.59 Å². The number of carbonyl (C=O) groups is 2. The van der Waals surface area contributed by atoms with Crippen LogP contribution in [0.4, 0.5) is 0 Å². The Morgan fingerprint density at radius 2 is 2.25 bits per heavy atom. The van der Waals surface area contributed by atoms with E-state index in [-0.39, 0.29) is 17.9 Å². The molecule has 2 aliphatic heterocycles. The lowest BCUT2D eigenvalue weighted by molar-refractivity contribution is -0.134. The molecule has 0 unspecified atom stereocenters. The highest BCUT2D eigenvalue weighted by Crippen LogP contribution is 2.38. The van der Waals surface area contributed by atoms with E-state index in [0.29, 0.717) is 25.1 Å². The number of H-pyrrole nitrogens is 1. The van der Waals surface area contributed by atoms with Crippen LogP contribution in [0.25, 0.3) is 0 Å². The second-order valence-corrected chi connectivity index (χ2v) is 7.78. The van der Waals surface area contributed by atoms with Crippen molar-refractivity contribution in [2.75, 3.05) is 13.1 Å². The second kappa shape index (κ2) is 7.38. The molecule has 0 aliphatic carbocycles. The average molecular weight is 386 g/mol.